The molecule has 1 N–H and O–H groups in total. The monoisotopic (exact) mass is 401 g/mol. The molecule has 0 aromatic heterocycles. The normalized spacial score (nSPS) is 12.0. The summed E-state index contributed by atoms with van der Waals surface area (Å²) in [6.45, 7) is 0.210. The van der Waals surface area contributed by atoms with E-state index in [-0.39, 0.29) is 18.5 Å². The van der Waals surface area contributed by atoms with Gasteiger partial charge in [-0.05, 0) is 60.2 Å². The van der Waals surface area contributed by atoms with Crippen molar-refractivity contribution in [2.45, 2.75) is 0 Å². The minimum absolute atomic E-state index is 0.143. The lowest BCUT2D eigenvalue weighted by Gasteiger charge is -2.09. The first-order valence-corrected chi connectivity index (χ1v) is 9.30. The van der Waals surface area contributed by atoms with E-state index in [1.165, 1.54) is 13.2 Å². The van der Waals surface area contributed by atoms with E-state index in [0.29, 0.717) is 34.1 Å². The number of anilines is 1. The van der Waals surface area contributed by atoms with Gasteiger partial charge in [-0.3, -0.25) is 9.59 Å². The van der Waals surface area contributed by atoms with Crippen LogP contribution in [0.25, 0.3) is 6.08 Å². The Hall–Kier alpha value is -4.06. The molecule has 0 radical (unpaired) electrons. The fourth-order valence-electron chi connectivity index (χ4n) is 3.03. The molecule has 1 heterocycles. The number of hydrogen-bond acceptors (Lipinski definition) is 5. The van der Waals surface area contributed by atoms with Gasteiger partial charge in [-0.2, -0.15) is 0 Å². The van der Waals surface area contributed by atoms with Crippen LogP contribution < -0.4 is 19.5 Å². The van der Waals surface area contributed by atoms with E-state index in [1.54, 1.807) is 54.6 Å². The minimum atomic E-state index is -0.283. The molecule has 1 aliphatic rings. The Balaban J connectivity index is 1.41. The number of rotatable bonds is 6. The molecule has 1 amide bonds. The summed E-state index contributed by atoms with van der Waals surface area (Å²) in [6.07, 6.45) is 3.22. The Morgan fingerprint density at radius 2 is 1.73 bits per heavy atom. The summed E-state index contributed by atoms with van der Waals surface area (Å²) in [7, 11) is 1.52. The summed E-state index contributed by atoms with van der Waals surface area (Å²) in [6, 6.07) is 19.2. The van der Waals surface area contributed by atoms with Gasteiger partial charge in [0.25, 0.3) is 5.91 Å². The lowest BCUT2D eigenvalue weighted by Crippen LogP contribution is -2.13. The maximum Gasteiger partial charge on any atom is 0.259 e. The maximum absolute atomic E-state index is 12.5. The van der Waals surface area contributed by atoms with Crippen LogP contribution in [0.5, 0.6) is 17.2 Å². The second-order valence-corrected chi connectivity index (χ2v) is 6.54. The Kier molecular flexibility index (Phi) is 5.48. The highest BCUT2D eigenvalue weighted by molar-refractivity contribution is 6.08. The Morgan fingerprint density at radius 1 is 0.967 bits per heavy atom. The molecule has 6 nitrogen and oxygen atoms in total. The molecule has 0 atom stereocenters. The smallest absolute Gasteiger partial charge is 0.259 e. The number of ketones is 1. The number of nitrogens with one attached hydrogen (secondary N) is 1. The second-order valence-electron chi connectivity index (χ2n) is 6.54. The van der Waals surface area contributed by atoms with Crippen molar-refractivity contribution in [1.29, 1.82) is 0 Å². The van der Waals surface area contributed by atoms with Crippen LogP contribution in [0.2, 0.25) is 0 Å². The van der Waals surface area contributed by atoms with Crippen molar-refractivity contribution in [3.63, 3.8) is 0 Å². The lowest BCUT2D eigenvalue weighted by molar-refractivity contribution is 0.102. The summed E-state index contributed by atoms with van der Waals surface area (Å²) >= 11 is 0. The van der Waals surface area contributed by atoms with Crippen molar-refractivity contribution >= 4 is 23.5 Å². The SMILES string of the molecule is COc1ccccc1C(=O)Nc1ccc(C(=O)/C=C/c2ccc3c(c2)OCO3)cc1. The lowest BCUT2D eigenvalue weighted by atomic mass is 10.1. The molecule has 0 saturated carbocycles. The molecule has 4 rings (SSSR count). The van der Waals surface area contributed by atoms with E-state index in [1.807, 2.05) is 18.2 Å². The molecule has 0 unspecified atom stereocenters. The zero-order valence-electron chi connectivity index (χ0n) is 16.3. The Labute approximate surface area is 173 Å². The molecule has 150 valence electrons. The van der Waals surface area contributed by atoms with E-state index in [2.05, 4.69) is 5.32 Å². The van der Waals surface area contributed by atoms with Gasteiger partial charge in [0.05, 0.1) is 12.7 Å². The molecule has 0 spiro atoms. The number of allylic oxidation sites excluding steroid dienone is 1. The molecule has 30 heavy (non-hydrogen) atoms. The number of carbonyl (C=O) groups excluding carboxylic acids is 2. The van der Waals surface area contributed by atoms with Crippen molar-refractivity contribution < 1.29 is 23.8 Å². The van der Waals surface area contributed by atoms with Crippen LogP contribution in [-0.2, 0) is 0 Å². The standard InChI is InChI=1S/C24H19NO5/c1-28-21-5-3-2-4-19(21)24(27)25-18-10-8-17(9-11-18)20(26)12-6-16-7-13-22-23(14-16)30-15-29-22/h2-14H,15H2,1H3,(H,25,27)/b12-6+. The fraction of sp³-hybridized carbons (Fsp3) is 0.0833. The van der Waals surface area contributed by atoms with Gasteiger partial charge >= 0.3 is 0 Å². The van der Waals surface area contributed by atoms with Gasteiger partial charge in [-0.15, -0.1) is 0 Å². The molecule has 0 fully saturated rings. The zero-order valence-corrected chi connectivity index (χ0v) is 16.3. The van der Waals surface area contributed by atoms with Crippen LogP contribution in [0, 0.1) is 0 Å². The molecule has 0 saturated heterocycles. The van der Waals surface area contributed by atoms with E-state index in [9.17, 15) is 9.59 Å². The zero-order chi connectivity index (χ0) is 20.9. The summed E-state index contributed by atoms with van der Waals surface area (Å²) in [5.74, 6) is 1.43. The third kappa shape index (κ3) is 4.17. The molecular weight excluding hydrogens is 382 g/mol. The number of fused-ring (bicyclic) bond motifs is 1. The number of carbonyl (C=O) groups is 2. The predicted octanol–water partition coefficient (Wildman–Crippen LogP) is 4.57. The molecule has 3 aromatic rings. The van der Waals surface area contributed by atoms with Crippen LogP contribution in [0.15, 0.2) is 72.8 Å². The summed E-state index contributed by atoms with van der Waals surface area (Å²) in [5.41, 5.74) is 2.38. The highest BCUT2D eigenvalue weighted by atomic mass is 16.7. The second kappa shape index (κ2) is 8.53. The predicted molar refractivity (Wildman–Crippen MR) is 113 cm³/mol. The first-order chi connectivity index (χ1) is 14.6. The topological polar surface area (TPSA) is 73.9 Å². The van der Waals surface area contributed by atoms with E-state index < -0.39 is 0 Å². The number of para-hydroxylation sites is 1. The van der Waals surface area contributed by atoms with Gasteiger partial charge in [-0.25, -0.2) is 0 Å². The maximum atomic E-state index is 12.5. The number of methoxy groups -OCH3 is 1. The average molecular weight is 401 g/mol. The van der Waals surface area contributed by atoms with Crippen LogP contribution in [0.1, 0.15) is 26.3 Å². The van der Waals surface area contributed by atoms with Gasteiger partial charge in [0, 0.05) is 11.3 Å². The van der Waals surface area contributed by atoms with Crippen molar-refractivity contribution in [1.82, 2.24) is 0 Å². The summed E-state index contributed by atoms with van der Waals surface area (Å²) in [5, 5.41) is 2.81. The Morgan fingerprint density at radius 3 is 2.53 bits per heavy atom. The van der Waals surface area contributed by atoms with E-state index in [0.717, 1.165) is 5.56 Å². The minimum Gasteiger partial charge on any atom is -0.496 e. The fourth-order valence-corrected chi connectivity index (χ4v) is 3.03. The first kappa shape index (κ1) is 19.3. The number of hydrogen-bond donors (Lipinski definition) is 1. The van der Waals surface area contributed by atoms with Gasteiger partial charge in [-0.1, -0.05) is 24.3 Å². The quantitative estimate of drug-likeness (QED) is 0.484. The van der Waals surface area contributed by atoms with Crippen molar-refractivity contribution in [2.24, 2.45) is 0 Å². The highest BCUT2D eigenvalue weighted by Gasteiger charge is 2.13. The van der Waals surface area contributed by atoms with Crippen LogP contribution >= 0.6 is 0 Å². The highest BCUT2D eigenvalue weighted by Crippen LogP contribution is 2.32. The average Bonchev–Trinajstić information content (AvgIpc) is 3.26. The third-order valence-corrected chi connectivity index (χ3v) is 4.60. The van der Waals surface area contributed by atoms with Crippen molar-refractivity contribution in [2.75, 3.05) is 19.2 Å². The number of benzene rings is 3. The van der Waals surface area contributed by atoms with Gasteiger partial charge in [0.15, 0.2) is 17.3 Å². The van der Waals surface area contributed by atoms with Crippen molar-refractivity contribution in [3.8, 4) is 17.2 Å². The van der Waals surface area contributed by atoms with Crippen molar-refractivity contribution in [3.05, 3.63) is 89.5 Å². The van der Waals surface area contributed by atoms with Crippen LogP contribution in [-0.4, -0.2) is 25.6 Å². The summed E-state index contributed by atoms with van der Waals surface area (Å²) in [4.78, 5) is 24.9. The summed E-state index contributed by atoms with van der Waals surface area (Å²) < 4.78 is 15.8. The van der Waals surface area contributed by atoms with Gasteiger partial charge in [0.2, 0.25) is 6.79 Å². The number of ether oxygens (including phenoxy) is 3. The largest absolute Gasteiger partial charge is 0.496 e. The molecule has 0 bridgehead atoms. The van der Waals surface area contributed by atoms with E-state index in [4.69, 9.17) is 14.2 Å². The number of amides is 1. The van der Waals surface area contributed by atoms with Crippen LogP contribution in [0.3, 0.4) is 0 Å². The molecule has 1 aliphatic heterocycles. The van der Waals surface area contributed by atoms with Gasteiger partial charge in [0.1, 0.15) is 5.75 Å². The first-order valence-electron chi connectivity index (χ1n) is 9.30. The van der Waals surface area contributed by atoms with E-state index >= 15 is 0 Å². The Bertz CT molecular complexity index is 1120. The molecular formula is C24H19NO5. The molecule has 3 aromatic carbocycles. The third-order valence-electron chi connectivity index (χ3n) is 4.60. The van der Waals surface area contributed by atoms with Crippen LogP contribution in [0.4, 0.5) is 5.69 Å². The molecule has 0 aliphatic carbocycles. The van der Waals surface area contributed by atoms with Gasteiger partial charge < -0.3 is 19.5 Å². The molecule has 6 heteroatoms.